The molecule has 1 aliphatic heterocycles. The molecular weight excluding hydrogens is 320 g/mol. The molecule has 22 heavy (non-hydrogen) atoms. The normalized spacial score (nSPS) is 16.1. The van der Waals surface area contributed by atoms with E-state index in [-0.39, 0.29) is 11.8 Å². The monoisotopic (exact) mass is 336 g/mol. The number of carbonyl (C=O) groups is 1. The molecule has 1 aromatic carbocycles. The molecule has 0 aliphatic carbocycles. The Balaban J connectivity index is 1.60. The summed E-state index contributed by atoms with van der Waals surface area (Å²) >= 11 is 7.38. The first kappa shape index (κ1) is 15.4. The fraction of sp³-hybridized carbons (Fsp3) is 0.400. The lowest BCUT2D eigenvalue weighted by molar-refractivity contribution is -0.121. The van der Waals surface area contributed by atoms with Crippen molar-refractivity contribution in [3.8, 4) is 0 Å². The molecule has 3 rings (SSSR count). The SMILES string of the molecule is CC(C(=O)Nc1nnc(Cc2cccc(Cl)c2)s1)C1CNC1. The van der Waals surface area contributed by atoms with Crippen molar-refractivity contribution in [3.05, 3.63) is 39.9 Å². The Labute approximate surface area is 138 Å². The van der Waals surface area contributed by atoms with E-state index >= 15 is 0 Å². The lowest BCUT2D eigenvalue weighted by atomic mass is 9.88. The molecule has 1 amide bonds. The van der Waals surface area contributed by atoms with Crippen LogP contribution in [0.1, 0.15) is 17.5 Å². The molecule has 1 unspecified atom stereocenters. The van der Waals surface area contributed by atoms with Gasteiger partial charge in [0, 0.05) is 17.4 Å². The van der Waals surface area contributed by atoms with Crippen molar-refractivity contribution in [2.24, 2.45) is 11.8 Å². The van der Waals surface area contributed by atoms with E-state index in [9.17, 15) is 4.79 Å². The number of nitrogens with one attached hydrogen (secondary N) is 2. The molecule has 5 nitrogen and oxygen atoms in total. The highest BCUT2D eigenvalue weighted by molar-refractivity contribution is 7.15. The fourth-order valence-corrected chi connectivity index (χ4v) is 3.28. The predicted molar refractivity (Wildman–Crippen MR) is 88.3 cm³/mol. The van der Waals surface area contributed by atoms with Crippen LogP contribution in [0.2, 0.25) is 5.02 Å². The predicted octanol–water partition coefficient (Wildman–Crippen LogP) is 2.58. The first-order valence-corrected chi connectivity index (χ1v) is 8.39. The largest absolute Gasteiger partial charge is 0.316 e. The molecule has 2 aromatic rings. The number of hydrogen-bond acceptors (Lipinski definition) is 5. The van der Waals surface area contributed by atoms with E-state index < -0.39 is 0 Å². The summed E-state index contributed by atoms with van der Waals surface area (Å²) in [4.78, 5) is 12.1. The summed E-state index contributed by atoms with van der Waals surface area (Å²) in [6, 6.07) is 7.66. The maximum Gasteiger partial charge on any atom is 0.229 e. The Bertz CT molecular complexity index is 671. The van der Waals surface area contributed by atoms with Gasteiger partial charge in [-0.05, 0) is 36.7 Å². The van der Waals surface area contributed by atoms with Crippen LogP contribution in [0.3, 0.4) is 0 Å². The summed E-state index contributed by atoms with van der Waals surface area (Å²) in [7, 11) is 0. The molecule has 0 radical (unpaired) electrons. The van der Waals surface area contributed by atoms with Crippen LogP contribution in [0.25, 0.3) is 0 Å². The second-order valence-corrected chi connectivity index (χ2v) is 7.00. The van der Waals surface area contributed by atoms with Crippen molar-refractivity contribution in [3.63, 3.8) is 0 Å². The van der Waals surface area contributed by atoms with Gasteiger partial charge in [0.15, 0.2) is 0 Å². The van der Waals surface area contributed by atoms with Gasteiger partial charge in [0.25, 0.3) is 0 Å². The summed E-state index contributed by atoms with van der Waals surface area (Å²) in [6.07, 6.45) is 0.663. The Kier molecular flexibility index (Phi) is 4.71. The highest BCUT2D eigenvalue weighted by Crippen LogP contribution is 2.22. The van der Waals surface area contributed by atoms with E-state index in [0.29, 0.717) is 22.5 Å². The van der Waals surface area contributed by atoms with Crippen LogP contribution in [0, 0.1) is 11.8 Å². The van der Waals surface area contributed by atoms with Crippen molar-refractivity contribution in [1.82, 2.24) is 15.5 Å². The van der Waals surface area contributed by atoms with Gasteiger partial charge in [-0.1, -0.05) is 42.0 Å². The number of halogens is 1. The summed E-state index contributed by atoms with van der Waals surface area (Å²) in [6.45, 7) is 3.77. The molecule has 1 aliphatic rings. The minimum absolute atomic E-state index is 0.0111. The molecule has 0 bridgehead atoms. The lowest BCUT2D eigenvalue weighted by Gasteiger charge is -2.31. The third-order valence-electron chi connectivity index (χ3n) is 3.88. The zero-order valence-electron chi connectivity index (χ0n) is 12.2. The summed E-state index contributed by atoms with van der Waals surface area (Å²) in [5, 5.41) is 16.3. The molecule has 2 heterocycles. The van der Waals surface area contributed by atoms with Gasteiger partial charge in [-0.2, -0.15) is 0 Å². The summed E-state index contributed by atoms with van der Waals surface area (Å²) < 4.78 is 0. The first-order valence-electron chi connectivity index (χ1n) is 7.20. The van der Waals surface area contributed by atoms with Crippen molar-refractivity contribution in [2.45, 2.75) is 13.3 Å². The van der Waals surface area contributed by atoms with Gasteiger partial charge in [0.05, 0.1) is 0 Å². The second-order valence-electron chi connectivity index (χ2n) is 5.50. The van der Waals surface area contributed by atoms with Crippen molar-refractivity contribution in [2.75, 3.05) is 18.4 Å². The van der Waals surface area contributed by atoms with Gasteiger partial charge in [-0.25, -0.2) is 0 Å². The first-order chi connectivity index (χ1) is 10.6. The molecule has 116 valence electrons. The lowest BCUT2D eigenvalue weighted by Crippen LogP contribution is -2.48. The van der Waals surface area contributed by atoms with Crippen molar-refractivity contribution < 1.29 is 4.79 Å². The van der Waals surface area contributed by atoms with Gasteiger partial charge in [-0.15, -0.1) is 10.2 Å². The van der Waals surface area contributed by atoms with Crippen LogP contribution >= 0.6 is 22.9 Å². The molecule has 1 aromatic heterocycles. The maximum atomic E-state index is 12.1. The standard InChI is InChI=1S/C15H17ClN4OS/c1-9(11-7-17-8-11)14(21)18-15-20-19-13(22-15)6-10-3-2-4-12(16)5-10/h2-5,9,11,17H,6-8H2,1H3,(H,18,20,21). The van der Waals surface area contributed by atoms with Gasteiger partial charge < -0.3 is 10.6 Å². The minimum Gasteiger partial charge on any atom is -0.316 e. The summed E-state index contributed by atoms with van der Waals surface area (Å²) in [5.74, 6) is 0.414. The molecule has 1 fully saturated rings. The van der Waals surface area contributed by atoms with Gasteiger partial charge in [0.1, 0.15) is 5.01 Å². The topological polar surface area (TPSA) is 66.9 Å². The van der Waals surface area contributed by atoms with Crippen molar-refractivity contribution in [1.29, 1.82) is 0 Å². The van der Waals surface area contributed by atoms with E-state index in [4.69, 9.17) is 11.6 Å². The summed E-state index contributed by atoms with van der Waals surface area (Å²) in [5.41, 5.74) is 1.08. The number of benzene rings is 1. The van der Waals surface area contributed by atoms with Crippen LogP contribution in [-0.2, 0) is 11.2 Å². The Morgan fingerprint density at radius 1 is 1.50 bits per heavy atom. The van der Waals surface area contributed by atoms with Gasteiger partial charge >= 0.3 is 0 Å². The van der Waals surface area contributed by atoms with Crippen LogP contribution in [0.5, 0.6) is 0 Å². The maximum absolute atomic E-state index is 12.1. The molecular formula is C15H17ClN4OS. The van der Waals surface area contributed by atoms with Crippen LogP contribution < -0.4 is 10.6 Å². The van der Waals surface area contributed by atoms with Gasteiger partial charge in [-0.3, -0.25) is 4.79 Å². The Hall–Kier alpha value is -1.50. The third-order valence-corrected chi connectivity index (χ3v) is 4.95. The number of carbonyl (C=O) groups excluding carboxylic acids is 1. The Morgan fingerprint density at radius 3 is 3.00 bits per heavy atom. The average Bonchev–Trinajstić information content (AvgIpc) is 2.84. The number of anilines is 1. The number of hydrogen-bond donors (Lipinski definition) is 2. The van der Waals surface area contributed by atoms with Crippen LogP contribution in [0.4, 0.5) is 5.13 Å². The smallest absolute Gasteiger partial charge is 0.229 e. The molecule has 2 N–H and O–H groups in total. The average molecular weight is 337 g/mol. The van der Waals surface area contributed by atoms with E-state index in [1.54, 1.807) is 0 Å². The minimum atomic E-state index is -0.0125. The fourth-order valence-electron chi connectivity index (χ4n) is 2.29. The molecule has 7 heteroatoms. The van der Waals surface area contributed by atoms with E-state index in [1.165, 1.54) is 11.3 Å². The van der Waals surface area contributed by atoms with Crippen molar-refractivity contribution >= 4 is 34.0 Å². The number of amides is 1. The quantitative estimate of drug-likeness (QED) is 0.880. The highest BCUT2D eigenvalue weighted by Gasteiger charge is 2.29. The second kappa shape index (κ2) is 6.73. The third kappa shape index (κ3) is 3.63. The zero-order valence-corrected chi connectivity index (χ0v) is 13.7. The highest BCUT2D eigenvalue weighted by atomic mass is 35.5. The van der Waals surface area contributed by atoms with Crippen LogP contribution in [0.15, 0.2) is 24.3 Å². The molecule has 0 saturated carbocycles. The molecule has 1 atom stereocenters. The Morgan fingerprint density at radius 2 is 2.32 bits per heavy atom. The number of nitrogens with zero attached hydrogens (tertiary/aromatic N) is 2. The van der Waals surface area contributed by atoms with E-state index in [2.05, 4.69) is 20.8 Å². The van der Waals surface area contributed by atoms with Gasteiger partial charge in [0.2, 0.25) is 11.0 Å². The van der Waals surface area contributed by atoms with E-state index in [1.807, 2.05) is 31.2 Å². The van der Waals surface area contributed by atoms with Crippen LogP contribution in [-0.4, -0.2) is 29.2 Å². The molecule has 0 spiro atoms. The zero-order chi connectivity index (χ0) is 15.5. The van der Waals surface area contributed by atoms with E-state index in [0.717, 1.165) is 23.7 Å². The number of rotatable bonds is 5. The molecule has 1 saturated heterocycles. The number of aromatic nitrogens is 2.